The van der Waals surface area contributed by atoms with Gasteiger partial charge in [0.25, 0.3) is 5.91 Å². The average molecular weight is 438 g/mol. The molecule has 8 nitrogen and oxygen atoms in total. The molecule has 0 bridgehead atoms. The Morgan fingerprint density at radius 1 is 1.09 bits per heavy atom. The summed E-state index contributed by atoms with van der Waals surface area (Å²) in [6.07, 6.45) is 2.20. The quantitative estimate of drug-likeness (QED) is 0.526. The molecule has 1 saturated heterocycles. The number of hydrogen-bond donors (Lipinski definition) is 0. The number of hydrogen-bond acceptors (Lipinski definition) is 6. The molecule has 0 spiro atoms. The maximum atomic E-state index is 12.8. The van der Waals surface area contributed by atoms with E-state index in [0.29, 0.717) is 44.5 Å². The molecule has 3 heterocycles. The van der Waals surface area contributed by atoms with Crippen LogP contribution in [0.4, 0.5) is 5.69 Å². The van der Waals surface area contributed by atoms with Crippen molar-refractivity contribution >= 4 is 29.3 Å². The number of amides is 2. The highest BCUT2D eigenvalue weighted by atomic mass is 16.5. The third-order valence-electron chi connectivity index (χ3n) is 6.15. The number of Topliss-reactive ketones (excluding diaryl/α,β-unsaturated/α-hetero) is 1. The fourth-order valence-corrected chi connectivity index (χ4v) is 4.32. The molecule has 0 saturated carbocycles. The van der Waals surface area contributed by atoms with Gasteiger partial charge in [-0.05, 0) is 62.1 Å². The van der Waals surface area contributed by atoms with E-state index in [0.717, 1.165) is 11.3 Å². The number of carbonyl (C=O) groups excluding carboxylic acids is 4. The molecule has 2 amide bonds. The lowest BCUT2D eigenvalue weighted by Gasteiger charge is -2.30. The minimum absolute atomic E-state index is 0.0259. The fourth-order valence-electron chi connectivity index (χ4n) is 4.32. The third kappa shape index (κ3) is 4.30. The van der Waals surface area contributed by atoms with Crippen LogP contribution >= 0.6 is 0 Å². The Morgan fingerprint density at radius 3 is 2.50 bits per heavy atom. The van der Waals surface area contributed by atoms with E-state index in [1.165, 1.54) is 13.2 Å². The van der Waals surface area contributed by atoms with Gasteiger partial charge in [-0.1, -0.05) is 0 Å². The van der Waals surface area contributed by atoms with Crippen molar-refractivity contribution in [2.75, 3.05) is 24.5 Å². The van der Waals surface area contributed by atoms with Gasteiger partial charge in [-0.15, -0.1) is 0 Å². The Balaban J connectivity index is 1.32. The van der Waals surface area contributed by atoms with Crippen LogP contribution in [0, 0.1) is 5.92 Å². The van der Waals surface area contributed by atoms with E-state index < -0.39 is 12.1 Å². The summed E-state index contributed by atoms with van der Waals surface area (Å²) in [5.41, 5.74) is 2.24. The van der Waals surface area contributed by atoms with Crippen LogP contribution in [-0.4, -0.2) is 54.2 Å². The van der Waals surface area contributed by atoms with E-state index in [9.17, 15) is 19.2 Å². The second-order valence-corrected chi connectivity index (χ2v) is 8.25. The summed E-state index contributed by atoms with van der Waals surface area (Å²) in [7, 11) is 0. The first-order valence-corrected chi connectivity index (χ1v) is 10.8. The first-order valence-electron chi connectivity index (χ1n) is 10.8. The lowest BCUT2D eigenvalue weighted by molar-refractivity contribution is -0.152. The van der Waals surface area contributed by atoms with Crippen LogP contribution in [0.5, 0.6) is 0 Å². The maximum absolute atomic E-state index is 12.8. The van der Waals surface area contributed by atoms with Gasteiger partial charge in [0.05, 0.1) is 12.2 Å². The summed E-state index contributed by atoms with van der Waals surface area (Å²) in [5, 5.41) is 0. The summed E-state index contributed by atoms with van der Waals surface area (Å²) < 4.78 is 10.6. The minimum atomic E-state index is -0.909. The third-order valence-corrected chi connectivity index (χ3v) is 6.15. The van der Waals surface area contributed by atoms with Gasteiger partial charge in [-0.25, -0.2) is 0 Å². The highest BCUT2D eigenvalue weighted by molar-refractivity contribution is 6.02. The smallest absolute Gasteiger partial charge is 0.309 e. The van der Waals surface area contributed by atoms with Crippen molar-refractivity contribution in [1.29, 1.82) is 0 Å². The van der Waals surface area contributed by atoms with Gasteiger partial charge in [-0.3, -0.25) is 19.2 Å². The summed E-state index contributed by atoms with van der Waals surface area (Å²) in [4.78, 5) is 52.8. The number of rotatable bonds is 5. The molecule has 0 radical (unpaired) electrons. The van der Waals surface area contributed by atoms with Crippen molar-refractivity contribution < 1.29 is 28.3 Å². The monoisotopic (exact) mass is 438 g/mol. The Bertz CT molecular complexity index is 1040. The van der Waals surface area contributed by atoms with Gasteiger partial charge in [0.2, 0.25) is 11.7 Å². The van der Waals surface area contributed by atoms with Crippen molar-refractivity contribution in [3.8, 4) is 0 Å². The summed E-state index contributed by atoms with van der Waals surface area (Å²) in [5.74, 6) is -0.971. The van der Waals surface area contributed by atoms with Gasteiger partial charge in [-0.2, -0.15) is 0 Å². The molecule has 2 aromatic rings. The number of ketones is 1. The van der Waals surface area contributed by atoms with Crippen LogP contribution in [0.2, 0.25) is 0 Å². The Morgan fingerprint density at radius 2 is 1.84 bits per heavy atom. The van der Waals surface area contributed by atoms with E-state index in [4.69, 9.17) is 9.15 Å². The number of likely N-dealkylation sites (tertiary alicyclic amines) is 1. The normalized spacial score (nSPS) is 17.1. The average Bonchev–Trinajstić information content (AvgIpc) is 3.47. The van der Waals surface area contributed by atoms with Crippen LogP contribution in [0.25, 0.3) is 0 Å². The zero-order valence-corrected chi connectivity index (χ0v) is 18.2. The molecule has 2 aliphatic heterocycles. The number of benzene rings is 1. The molecule has 0 aliphatic carbocycles. The van der Waals surface area contributed by atoms with Crippen LogP contribution in [0.15, 0.2) is 41.0 Å². The topological polar surface area (TPSA) is 97.1 Å². The van der Waals surface area contributed by atoms with Crippen molar-refractivity contribution in [3.63, 3.8) is 0 Å². The molecular formula is C24H26N2O6. The molecular weight excluding hydrogens is 412 g/mol. The van der Waals surface area contributed by atoms with Crippen molar-refractivity contribution in [2.45, 2.75) is 39.2 Å². The Kier molecular flexibility index (Phi) is 6.12. The molecule has 0 N–H and O–H groups in total. The number of nitrogens with zero attached hydrogens (tertiary/aromatic N) is 2. The van der Waals surface area contributed by atoms with Crippen LogP contribution in [-0.2, 0) is 20.7 Å². The summed E-state index contributed by atoms with van der Waals surface area (Å²) in [6.45, 7) is 4.56. The Labute approximate surface area is 186 Å². The molecule has 1 aromatic carbocycles. The lowest BCUT2D eigenvalue weighted by atomic mass is 9.96. The second kappa shape index (κ2) is 8.98. The molecule has 1 fully saturated rings. The van der Waals surface area contributed by atoms with Crippen molar-refractivity contribution in [2.24, 2.45) is 5.92 Å². The highest BCUT2D eigenvalue weighted by Gasteiger charge is 2.32. The standard InChI is InChI=1S/C24H26N2O6/c1-15(22(28)19-5-6-20-18(14-19)9-12-26(20)16(2)27)32-24(30)17-7-10-25(11-8-17)23(29)21-4-3-13-31-21/h3-6,13-15,17H,7-12H2,1-2H3. The number of carbonyl (C=O) groups is 4. The SMILES string of the molecule is CC(=O)N1CCc2cc(C(=O)C(C)OC(=O)C3CCN(C(=O)c4ccco4)CC3)ccc21. The van der Waals surface area contributed by atoms with Crippen LogP contribution in [0.3, 0.4) is 0 Å². The largest absolute Gasteiger partial charge is 0.459 e. The minimum Gasteiger partial charge on any atom is -0.459 e. The molecule has 1 aromatic heterocycles. The van der Waals surface area contributed by atoms with Crippen molar-refractivity contribution in [3.05, 3.63) is 53.5 Å². The van der Waals surface area contributed by atoms with E-state index in [1.54, 1.807) is 47.1 Å². The van der Waals surface area contributed by atoms with Gasteiger partial charge in [0.1, 0.15) is 0 Å². The number of ether oxygens (including phenoxy) is 1. The van der Waals surface area contributed by atoms with Crippen LogP contribution < -0.4 is 4.90 Å². The molecule has 2 aliphatic rings. The first kappa shape index (κ1) is 21.8. The highest BCUT2D eigenvalue weighted by Crippen LogP contribution is 2.29. The molecule has 168 valence electrons. The van der Waals surface area contributed by atoms with Crippen LogP contribution in [0.1, 0.15) is 53.2 Å². The zero-order chi connectivity index (χ0) is 22.8. The second-order valence-electron chi connectivity index (χ2n) is 8.25. The Hall–Kier alpha value is -3.42. The fraction of sp³-hybridized carbons (Fsp3) is 0.417. The molecule has 32 heavy (non-hydrogen) atoms. The van der Waals surface area contributed by atoms with Gasteiger partial charge in [0.15, 0.2) is 11.9 Å². The number of esters is 1. The first-order chi connectivity index (χ1) is 15.3. The number of fused-ring (bicyclic) bond motifs is 1. The summed E-state index contributed by atoms with van der Waals surface area (Å²) in [6, 6.07) is 8.51. The molecule has 1 unspecified atom stereocenters. The summed E-state index contributed by atoms with van der Waals surface area (Å²) >= 11 is 0. The van der Waals surface area contributed by atoms with Gasteiger partial charge >= 0.3 is 5.97 Å². The number of furan rings is 1. The predicted molar refractivity (Wildman–Crippen MR) is 115 cm³/mol. The predicted octanol–water partition coefficient (Wildman–Crippen LogP) is 2.86. The molecule has 1 atom stereocenters. The van der Waals surface area contributed by atoms with Gasteiger partial charge < -0.3 is 19.0 Å². The van der Waals surface area contributed by atoms with E-state index in [1.807, 2.05) is 0 Å². The van der Waals surface area contributed by atoms with E-state index >= 15 is 0 Å². The molecule has 4 rings (SSSR count). The van der Waals surface area contributed by atoms with Crippen molar-refractivity contribution in [1.82, 2.24) is 4.90 Å². The lowest BCUT2D eigenvalue weighted by Crippen LogP contribution is -2.41. The number of piperidine rings is 1. The molecule has 8 heteroatoms. The van der Waals surface area contributed by atoms with E-state index in [-0.39, 0.29) is 29.3 Å². The number of anilines is 1. The maximum Gasteiger partial charge on any atom is 0.309 e. The van der Waals surface area contributed by atoms with Gasteiger partial charge in [0, 0.05) is 37.8 Å². The zero-order valence-electron chi connectivity index (χ0n) is 18.2. The van der Waals surface area contributed by atoms with E-state index in [2.05, 4.69) is 0 Å².